The molecule has 0 aromatic heterocycles. The van der Waals surface area contributed by atoms with E-state index < -0.39 is 30.2 Å². The minimum absolute atomic E-state index is 0.221. The third-order valence-electron chi connectivity index (χ3n) is 2.95. The average Bonchev–Trinajstić information content (AvgIpc) is 2.53. The number of carbonyl (C=O) groups is 2. The number of anilines is 1. The van der Waals surface area contributed by atoms with Gasteiger partial charge in [-0.05, 0) is 48.5 Å². The minimum Gasteiger partial charge on any atom is -0.482 e. The van der Waals surface area contributed by atoms with E-state index in [9.17, 15) is 22.8 Å². The highest BCUT2D eigenvalue weighted by Crippen LogP contribution is 2.29. The normalized spacial score (nSPS) is 11.0. The lowest BCUT2D eigenvalue weighted by Crippen LogP contribution is -2.13. The van der Waals surface area contributed by atoms with Gasteiger partial charge in [0.25, 0.3) is 5.91 Å². The molecule has 0 spiro atoms. The summed E-state index contributed by atoms with van der Waals surface area (Å²) in [7, 11) is 0. The largest absolute Gasteiger partial charge is 0.482 e. The molecule has 1 amide bonds. The molecule has 2 rings (SSSR count). The number of hydrogen-bond donors (Lipinski definition) is 2. The highest BCUT2D eigenvalue weighted by Gasteiger charge is 2.29. The van der Waals surface area contributed by atoms with Gasteiger partial charge < -0.3 is 15.2 Å². The molecule has 0 radical (unpaired) electrons. The van der Waals surface area contributed by atoms with Gasteiger partial charge in [-0.15, -0.1) is 0 Å². The Bertz CT molecular complexity index is 724. The van der Waals surface area contributed by atoms with Crippen molar-refractivity contribution in [1.29, 1.82) is 0 Å². The number of ether oxygens (including phenoxy) is 1. The molecule has 0 aliphatic heterocycles. The predicted molar refractivity (Wildman–Crippen MR) is 79.0 cm³/mol. The number of alkyl halides is 3. The van der Waals surface area contributed by atoms with Crippen LogP contribution in [0.1, 0.15) is 15.9 Å². The molecule has 0 aliphatic carbocycles. The summed E-state index contributed by atoms with van der Waals surface area (Å²) in [6, 6.07) is 9.73. The van der Waals surface area contributed by atoms with Crippen LogP contribution in [-0.4, -0.2) is 23.6 Å². The van der Waals surface area contributed by atoms with Gasteiger partial charge in [-0.1, -0.05) is 0 Å². The Balaban J connectivity index is 2.00. The maximum Gasteiger partial charge on any atom is 0.416 e. The molecule has 0 atom stereocenters. The van der Waals surface area contributed by atoms with Gasteiger partial charge in [-0.25, -0.2) is 4.79 Å². The van der Waals surface area contributed by atoms with Crippen molar-refractivity contribution < 1.29 is 32.6 Å². The lowest BCUT2D eigenvalue weighted by molar-refractivity contribution is -0.139. The van der Waals surface area contributed by atoms with Gasteiger partial charge in [0.2, 0.25) is 0 Å². The number of carboxylic acid groups (broad SMARTS) is 1. The third kappa shape index (κ3) is 4.73. The number of carboxylic acids is 1. The summed E-state index contributed by atoms with van der Waals surface area (Å²) >= 11 is 0. The van der Waals surface area contributed by atoms with E-state index in [0.717, 1.165) is 24.3 Å². The number of hydrogen-bond acceptors (Lipinski definition) is 3. The molecule has 8 heteroatoms. The second-order valence-electron chi connectivity index (χ2n) is 4.74. The second kappa shape index (κ2) is 7.03. The van der Waals surface area contributed by atoms with E-state index in [1.54, 1.807) is 0 Å². The van der Waals surface area contributed by atoms with Gasteiger partial charge in [0.15, 0.2) is 6.61 Å². The quantitative estimate of drug-likeness (QED) is 0.875. The number of carbonyl (C=O) groups excluding carboxylic acids is 1. The molecule has 2 aromatic rings. The van der Waals surface area contributed by atoms with Crippen molar-refractivity contribution in [3.8, 4) is 5.75 Å². The van der Waals surface area contributed by atoms with E-state index in [0.29, 0.717) is 0 Å². The second-order valence-corrected chi connectivity index (χ2v) is 4.74. The highest BCUT2D eigenvalue weighted by molar-refractivity contribution is 6.04. The Morgan fingerprint density at radius 1 is 1.00 bits per heavy atom. The molecule has 0 bridgehead atoms. The van der Waals surface area contributed by atoms with Crippen LogP contribution in [0.2, 0.25) is 0 Å². The van der Waals surface area contributed by atoms with E-state index in [1.165, 1.54) is 24.3 Å². The van der Waals surface area contributed by atoms with Gasteiger partial charge in [0, 0.05) is 11.3 Å². The number of amides is 1. The molecule has 0 saturated carbocycles. The monoisotopic (exact) mass is 339 g/mol. The Kier molecular flexibility index (Phi) is 5.08. The van der Waals surface area contributed by atoms with Gasteiger partial charge in [0.1, 0.15) is 5.75 Å². The fourth-order valence-corrected chi connectivity index (χ4v) is 1.79. The molecular weight excluding hydrogens is 327 g/mol. The standard InChI is InChI=1S/C16H12F3NO4/c17-16(18,19)11-3-5-12(6-4-11)20-15(23)10-1-7-13(8-2-10)24-9-14(21)22/h1-8H,9H2,(H,20,23)(H,21,22). The van der Waals surface area contributed by atoms with E-state index >= 15 is 0 Å². The number of benzene rings is 2. The van der Waals surface area contributed by atoms with E-state index in [4.69, 9.17) is 9.84 Å². The first-order chi connectivity index (χ1) is 11.3. The van der Waals surface area contributed by atoms with Crippen LogP contribution in [0.3, 0.4) is 0 Å². The van der Waals surface area contributed by atoms with Crippen LogP contribution in [0.15, 0.2) is 48.5 Å². The molecule has 2 N–H and O–H groups in total. The van der Waals surface area contributed by atoms with Crippen LogP contribution in [0.5, 0.6) is 5.75 Å². The van der Waals surface area contributed by atoms with Crippen molar-refractivity contribution in [2.75, 3.05) is 11.9 Å². The van der Waals surface area contributed by atoms with Gasteiger partial charge in [0.05, 0.1) is 5.56 Å². The maximum atomic E-state index is 12.5. The maximum absolute atomic E-state index is 12.5. The first kappa shape index (κ1) is 17.3. The van der Waals surface area contributed by atoms with Crippen molar-refractivity contribution in [3.63, 3.8) is 0 Å². The molecule has 0 aliphatic rings. The summed E-state index contributed by atoms with van der Waals surface area (Å²) in [5.74, 6) is -1.36. The molecular formula is C16H12F3NO4. The van der Waals surface area contributed by atoms with Crippen molar-refractivity contribution in [2.45, 2.75) is 6.18 Å². The van der Waals surface area contributed by atoms with Crippen molar-refractivity contribution >= 4 is 17.6 Å². The molecule has 0 unspecified atom stereocenters. The molecule has 24 heavy (non-hydrogen) atoms. The lowest BCUT2D eigenvalue weighted by atomic mass is 10.1. The first-order valence-electron chi connectivity index (χ1n) is 6.69. The third-order valence-corrected chi connectivity index (χ3v) is 2.95. The summed E-state index contributed by atoms with van der Waals surface area (Å²) in [6.45, 7) is -0.503. The molecule has 0 heterocycles. The Labute approximate surface area is 134 Å². The lowest BCUT2D eigenvalue weighted by Gasteiger charge is -2.09. The minimum atomic E-state index is -4.44. The van der Waals surface area contributed by atoms with E-state index in [-0.39, 0.29) is 17.0 Å². The number of nitrogens with one attached hydrogen (secondary N) is 1. The van der Waals surface area contributed by atoms with E-state index in [1.807, 2.05) is 0 Å². The fraction of sp³-hybridized carbons (Fsp3) is 0.125. The van der Waals surface area contributed by atoms with Crippen LogP contribution in [0, 0.1) is 0 Å². The van der Waals surface area contributed by atoms with Crippen LogP contribution >= 0.6 is 0 Å². The number of aliphatic carboxylic acids is 1. The predicted octanol–water partition coefficient (Wildman–Crippen LogP) is 3.42. The SMILES string of the molecule is O=C(O)COc1ccc(C(=O)Nc2ccc(C(F)(F)F)cc2)cc1. The van der Waals surface area contributed by atoms with Crippen LogP contribution in [-0.2, 0) is 11.0 Å². The summed E-state index contributed by atoms with van der Waals surface area (Å²) in [6.07, 6.45) is -4.44. The summed E-state index contributed by atoms with van der Waals surface area (Å²) < 4.78 is 42.3. The van der Waals surface area contributed by atoms with Crippen LogP contribution in [0.25, 0.3) is 0 Å². The van der Waals surface area contributed by atoms with Crippen molar-refractivity contribution in [1.82, 2.24) is 0 Å². The molecule has 0 saturated heterocycles. The Hall–Kier alpha value is -3.03. The first-order valence-corrected chi connectivity index (χ1v) is 6.69. The molecule has 2 aromatic carbocycles. The molecule has 0 fully saturated rings. The summed E-state index contributed by atoms with van der Waals surface area (Å²) in [5.41, 5.74) is -0.336. The zero-order valence-electron chi connectivity index (χ0n) is 12.1. The van der Waals surface area contributed by atoms with Crippen molar-refractivity contribution in [3.05, 3.63) is 59.7 Å². The zero-order chi connectivity index (χ0) is 17.7. The van der Waals surface area contributed by atoms with E-state index in [2.05, 4.69) is 5.32 Å². The van der Waals surface area contributed by atoms with Gasteiger partial charge in [-0.3, -0.25) is 4.79 Å². The zero-order valence-corrected chi connectivity index (χ0v) is 12.1. The molecule has 126 valence electrons. The van der Waals surface area contributed by atoms with Gasteiger partial charge >= 0.3 is 12.1 Å². The topological polar surface area (TPSA) is 75.6 Å². The highest BCUT2D eigenvalue weighted by atomic mass is 19.4. The Morgan fingerprint density at radius 3 is 2.08 bits per heavy atom. The van der Waals surface area contributed by atoms with Crippen LogP contribution < -0.4 is 10.1 Å². The number of rotatable bonds is 5. The Morgan fingerprint density at radius 2 is 1.58 bits per heavy atom. The fourth-order valence-electron chi connectivity index (χ4n) is 1.79. The van der Waals surface area contributed by atoms with Gasteiger partial charge in [-0.2, -0.15) is 13.2 Å². The number of halogens is 3. The summed E-state index contributed by atoms with van der Waals surface area (Å²) in [5, 5.41) is 11.0. The van der Waals surface area contributed by atoms with Crippen LogP contribution in [0.4, 0.5) is 18.9 Å². The molecule has 5 nitrogen and oxygen atoms in total. The average molecular weight is 339 g/mol. The van der Waals surface area contributed by atoms with Crippen molar-refractivity contribution in [2.24, 2.45) is 0 Å². The summed E-state index contributed by atoms with van der Waals surface area (Å²) in [4.78, 5) is 22.4. The smallest absolute Gasteiger partial charge is 0.416 e.